The van der Waals surface area contributed by atoms with Crippen LogP contribution in [0.1, 0.15) is 12.8 Å². The van der Waals surface area contributed by atoms with Gasteiger partial charge in [-0.05, 0) is 11.8 Å². The molecule has 10 radical (unpaired) electrons. The van der Waals surface area contributed by atoms with Crippen LogP contribution in [0.5, 0.6) is 0 Å². The fourth-order valence-corrected chi connectivity index (χ4v) is 2.39. The molecule has 0 spiro atoms. The zero-order valence-corrected chi connectivity index (χ0v) is 13.6. The monoisotopic (exact) mass is 316 g/mol. The second-order valence-corrected chi connectivity index (χ2v) is 5.97. The first-order chi connectivity index (χ1) is 10.9. The number of hydrogen-bond donors (Lipinski definition) is 1. The molecule has 0 saturated heterocycles. The molecular formula is C12H13B5N4O3. The summed E-state index contributed by atoms with van der Waals surface area (Å²) < 4.78 is 3.65. The molecule has 0 fully saturated rings. The summed E-state index contributed by atoms with van der Waals surface area (Å²) in [6.07, 6.45) is 0.176. The molecule has 0 saturated carbocycles. The number of nitrogens with zero attached hydrogens (tertiary/aromatic N) is 4. The van der Waals surface area contributed by atoms with E-state index in [-0.39, 0.29) is 36.3 Å². The molecule has 2 aromatic heterocycles. The predicted octanol–water partition coefficient (Wildman–Crippen LogP) is -3.56. The zero-order chi connectivity index (χ0) is 18.4. The van der Waals surface area contributed by atoms with Crippen molar-refractivity contribution in [3.05, 3.63) is 20.8 Å². The van der Waals surface area contributed by atoms with Crippen LogP contribution in [0.2, 0.25) is 5.21 Å². The van der Waals surface area contributed by atoms with Gasteiger partial charge in [0.15, 0.2) is 19.0 Å². The molecule has 0 aromatic carbocycles. The van der Waals surface area contributed by atoms with Crippen molar-refractivity contribution in [2.75, 3.05) is 0 Å². The molecule has 114 valence electrons. The summed E-state index contributed by atoms with van der Waals surface area (Å²) in [5, 5.41) is 5.46. The molecule has 24 heavy (non-hydrogen) atoms. The SMILES string of the molecule is [B]c1nc2c(c(=O)n(CCCC([B])([B])C([B])([B])O)c(=O)n2C)n1C. The van der Waals surface area contributed by atoms with Gasteiger partial charge in [0.25, 0.3) is 5.56 Å². The highest BCUT2D eigenvalue weighted by molar-refractivity contribution is 6.53. The number of aliphatic hydroxyl groups is 1. The quantitative estimate of drug-likeness (QED) is 0.579. The molecule has 2 aromatic rings. The van der Waals surface area contributed by atoms with Crippen molar-refractivity contribution in [1.82, 2.24) is 18.7 Å². The number of rotatable bonds is 5. The molecule has 0 bridgehead atoms. The maximum atomic E-state index is 12.6. The molecule has 0 aliphatic carbocycles. The summed E-state index contributed by atoms with van der Waals surface area (Å²) in [6.45, 7) is 0.0127. The Morgan fingerprint density at radius 1 is 1.12 bits per heavy atom. The van der Waals surface area contributed by atoms with Crippen molar-refractivity contribution in [2.45, 2.75) is 30.0 Å². The number of aromatic nitrogens is 4. The maximum Gasteiger partial charge on any atom is 0.332 e. The summed E-state index contributed by atoms with van der Waals surface area (Å²) in [5.74, 6) is 0. The van der Waals surface area contributed by atoms with Crippen LogP contribution in [0.4, 0.5) is 0 Å². The van der Waals surface area contributed by atoms with E-state index < -0.39 is 21.9 Å². The van der Waals surface area contributed by atoms with Gasteiger partial charge >= 0.3 is 5.69 Å². The minimum atomic E-state index is -2.29. The van der Waals surface area contributed by atoms with Crippen LogP contribution in [-0.4, -0.2) is 68.4 Å². The lowest BCUT2D eigenvalue weighted by atomic mass is 9.34. The smallest absolute Gasteiger partial charge is 0.332 e. The topological polar surface area (TPSA) is 82.1 Å². The van der Waals surface area contributed by atoms with Crippen LogP contribution < -0.4 is 17.0 Å². The Kier molecular flexibility index (Phi) is 4.74. The Labute approximate surface area is 145 Å². The fourth-order valence-electron chi connectivity index (χ4n) is 2.39. The Morgan fingerprint density at radius 3 is 2.25 bits per heavy atom. The van der Waals surface area contributed by atoms with Gasteiger partial charge in [-0.25, -0.2) is 9.78 Å². The molecule has 2 heterocycles. The van der Waals surface area contributed by atoms with Crippen LogP contribution in [0, 0.1) is 0 Å². The van der Waals surface area contributed by atoms with E-state index in [1.165, 1.54) is 16.2 Å². The van der Waals surface area contributed by atoms with Crippen molar-refractivity contribution in [2.24, 2.45) is 14.1 Å². The van der Waals surface area contributed by atoms with Gasteiger partial charge in [-0.3, -0.25) is 13.9 Å². The third-order valence-electron chi connectivity index (χ3n) is 4.11. The summed E-state index contributed by atoms with van der Waals surface area (Å²) in [6, 6.07) is 0. The van der Waals surface area contributed by atoms with Gasteiger partial charge in [-0.2, -0.15) is 0 Å². The Hall–Kier alpha value is -1.57. The van der Waals surface area contributed by atoms with E-state index in [1.807, 2.05) is 0 Å². The normalized spacial score (nSPS) is 12.8. The average molecular weight is 315 g/mol. The minimum absolute atomic E-state index is 0.0127. The minimum Gasteiger partial charge on any atom is -0.410 e. The third kappa shape index (κ3) is 3.03. The first kappa shape index (κ1) is 18.8. The Balaban J connectivity index is 2.39. The molecule has 0 amide bonds. The van der Waals surface area contributed by atoms with Gasteiger partial charge in [0.2, 0.25) is 0 Å². The van der Waals surface area contributed by atoms with Crippen LogP contribution in [0.15, 0.2) is 9.59 Å². The van der Waals surface area contributed by atoms with Crippen molar-refractivity contribution < 1.29 is 5.11 Å². The molecule has 2 rings (SSSR count). The van der Waals surface area contributed by atoms with Gasteiger partial charge in [0, 0.05) is 20.6 Å². The Morgan fingerprint density at radius 2 is 1.71 bits per heavy atom. The Bertz CT molecular complexity index is 893. The highest BCUT2D eigenvalue weighted by atomic mass is 16.3. The van der Waals surface area contributed by atoms with Gasteiger partial charge in [0.1, 0.15) is 0 Å². The lowest BCUT2D eigenvalue weighted by Crippen LogP contribution is -2.46. The van der Waals surface area contributed by atoms with Crippen molar-refractivity contribution >= 4 is 56.1 Å². The molecular weight excluding hydrogens is 302 g/mol. The van der Waals surface area contributed by atoms with E-state index in [0.717, 1.165) is 4.57 Å². The van der Waals surface area contributed by atoms with Crippen LogP contribution in [0.3, 0.4) is 0 Å². The molecule has 0 atom stereocenters. The van der Waals surface area contributed by atoms with E-state index in [9.17, 15) is 14.7 Å². The molecule has 12 heteroatoms. The fraction of sp³-hybridized carbons (Fsp3) is 0.583. The summed E-state index contributed by atoms with van der Waals surface area (Å²) in [4.78, 5) is 28.9. The second kappa shape index (κ2) is 6.06. The van der Waals surface area contributed by atoms with Crippen molar-refractivity contribution in [3.8, 4) is 0 Å². The highest BCUT2D eigenvalue weighted by Crippen LogP contribution is 2.32. The zero-order valence-electron chi connectivity index (χ0n) is 13.6. The van der Waals surface area contributed by atoms with E-state index in [0.29, 0.717) is 0 Å². The van der Waals surface area contributed by atoms with Gasteiger partial charge < -0.3 is 9.67 Å². The predicted molar refractivity (Wildman–Crippen MR) is 95.5 cm³/mol. The van der Waals surface area contributed by atoms with Gasteiger partial charge in [0.05, 0.1) is 37.1 Å². The first-order valence-electron chi connectivity index (χ1n) is 7.18. The number of aryl methyl sites for hydroxylation is 2. The molecule has 7 nitrogen and oxygen atoms in total. The standard InChI is InChI=1S/C12H13B5N4O3/c1-19-6-7(18-9(19)13)20(2)10(23)21(8(6)22)5-3-4-11(14,15)12(16,17)24/h24H,3-5H2,1-2H3. The van der Waals surface area contributed by atoms with Gasteiger partial charge in [-0.15, -0.1) is 0 Å². The molecule has 0 unspecified atom stereocenters. The third-order valence-corrected chi connectivity index (χ3v) is 4.11. The second-order valence-electron chi connectivity index (χ2n) is 5.97. The molecule has 1 N–H and O–H groups in total. The summed E-state index contributed by atoms with van der Waals surface area (Å²) in [5.41, 5.74) is -0.563. The van der Waals surface area contributed by atoms with E-state index >= 15 is 0 Å². The largest absolute Gasteiger partial charge is 0.410 e. The number of fused-ring (bicyclic) bond motifs is 1. The average Bonchev–Trinajstić information content (AvgIpc) is 2.75. The van der Waals surface area contributed by atoms with Crippen molar-refractivity contribution in [3.63, 3.8) is 0 Å². The lowest BCUT2D eigenvalue weighted by Gasteiger charge is -2.40. The number of imidazole rings is 1. The maximum absolute atomic E-state index is 12.6. The molecule has 0 aliphatic heterocycles. The summed E-state index contributed by atoms with van der Waals surface area (Å²) >= 11 is 0. The van der Waals surface area contributed by atoms with Crippen LogP contribution >= 0.6 is 0 Å². The van der Waals surface area contributed by atoms with Gasteiger partial charge in [-0.1, -0.05) is 11.6 Å². The van der Waals surface area contributed by atoms with E-state index in [1.54, 1.807) is 7.05 Å². The lowest BCUT2D eigenvalue weighted by molar-refractivity contribution is 0.182. The van der Waals surface area contributed by atoms with Crippen LogP contribution in [0.25, 0.3) is 11.2 Å². The summed E-state index contributed by atoms with van der Waals surface area (Å²) in [7, 11) is 30.7. The van der Waals surface area contributed by atoms with Crippen LogP contribution in [-0.2, 0) is 20.6 Å². The van der Waals surface area contributed by atoms with E-state index in [4.69, 9.17) is 39.2 Å². The van der Waals surface area contributed by atoms with E-state index in [2.05, 4.69) is 4.98 Å². The molecule has 0 aliphatic rings. The highest BCUT2D eigenvalue weighted by Gasteiger charge is 2.32. The number of hydrogen-bond acceptors (Lipinski definition) is 4. The van der Waals surface area contributed by atoms with Crippen molar-refractivity contribution in [1.29, 1.82) is 0 Å². The first-order valence-corrected chi connectivity index (χ1v) is 7.18.